The average Bonchev–Trinajstić information content (AvgIpc) is 3.51. The molecule has 2 atom stereocenters. The SMILES string of the molecule is Cc1[nH]ncc1-c1ccc2nc(Nc3cc(CN4CC5CCC4C5)ccn3)sc2c1. The van der Waals surface area contributed by atoms with Gasteiger partial charge in [-0.3, -0.25) is 10.00 Å². The first-order valence-corrected chi connectivity index (χ1v) is 11.4. The van der Waals surface area contributed by atoms with Crippen LogP contribution in [0.5, 0.6) is 0 Å². The molecule has 2 bridgehead atoms. The molecule has 6 nitrogen and oxygen atoms in total. The standard InChI is InChI=1S/C23H24N6S/c1-14-19(11-25-28-14)17-3-5-20-21(10-17)30-23(26-20)27-22-9-16(6-7-24-22)13-29-12-15-2-4-18(29)8-15/h3,5-7,9-11,15,18H,2,4,8,12-13H2,1H3,(H,25,28)(H,24,26,27). The zero-order valence-electron chi connectivity index (χ0n) is 16.9. The predicted molar refractivity (Wildman–Crippen MR) is 121 cm³/mol. The van der Waals surface area contributed by atoms with Crippen molar-refractivity contribution in [3.63, 3.8) is 0 Å². The number of nitrogens with zero attached hydrogens (tertiary/aromatic N) is 4. The van der Waals surface area contributed by atoms with Gasteiger partial charge in [0.1, 0.15) is 5.82 Å². The molecule has 1 saturated heterocycles. The molecule has 152 valence electrons. The zero-order chi connectivity index (χ0) is 20.1. The number of likely N-dealkylation sites (tertiary alicyclic amines) is 1. The van der Waals surface area contributed by atoms with Gasteiger partial charge in [0.25, 0.3) is 0 Å². The Morgan fingerprint density at radius 1 is 1.23 bits per heavy atom. The van der Waals surface area contributed by atoms with Crippen LogP contribution in [0.2, 0.25) is 0 Å². The number of nitrogens with one attached hydrogen (secondary N) is 2. The van der Waals surface area contributed by atoms with E-state index in [0.717, 1.165) is 56.5 Å². The number of H-pyrrole nitrogens is 1. The maximum atomic E-state index is 4.75. The second kappa shape index (κ2) is 7.18. The Balaban J connectivity index is 1.21. The van der Waals surface area contributed by atoms with Gasteiger partial charge in [-0.1, -0.05) is 17.4 Å². The summed E-state index contributed by atoms with van der Waals surface area (Å²) in [5, 5.41) is 11.4. The van der Waals surface area contributed by atoms with Crippen LogP contribution in [-0.2, 0) is 6.54 Å². The quantitative estimate of drug-likeness (QED) is 0.473. The van der Waals surface area contributed by atoms with Gasteiger partial charge in [-0.25, -0.2) is 9.97 Å². The second-order valence-corrected chi connectivity index (χ2v) is 9.58. The zero-order valence-corrected chi connectivity index (χ0v) is 17.7. The minimum Gasteiger partial charge on any atom is -0.316 e. The minimum absolute atomic E-state index is 0.789. The van der Waals surface area contributed by atoms with Crippen LogP contribution in [0.1, 0.15) is 30.5 Å². The Morgan fingerprint density at radius 2 is 2.20 bits per heavy atom. The molecular weight excluding hydrogens is 392 g/mol. The van der Waals surface area contributed by atoms with Gasteiger partial charge in [-0.05, 0) is 67.5 Å². The van der Waals surface area contributed by atoms with Crippen molar-refractivity contribution in [2.75, 3.05) is 11.9 Å². The van der Waals surface area contributed by atoms with Crippen molar-refractivity contribution in [2.24, 2.45) is 5.92 Å². The van der Waals surface area contributed by atoms with Crippen molar-refractivity contribution in [3.05, 3.63) is 54.0 Å². The molecule has 4 aromatic rings. The summed E-state index contributed by atoms with van der Waals surface area (Å²) in [5.41, 5.74) is 5.67. The van der Waals surface area contributed by atoms with Gasteiger partial charge in [-0.2, -0.15) is 5.10 Å². The highest BCUT2D eigenvalue weighted by atomic mass is 32.1. The molecule has 3 aromatic heterocycles. The number of benzene rings is 1. The van der Waals surface area contributed by atoms with Crippen LogP contribution in [0.15, 0.2) is 42.7 Å². The van der Waals surface area contributed by atoms with Gasteiger partial charge < -0.3 is 5.32 Å². The topological polar surface area (TPSA) is 69.7 Å². The van der Waals surface area contributed by atoms with E-state index in [1.54, 1.807) is 11.3 Å². The average molecular weight is 417 g/mol. The first-order valence-electron chi connectivity index (χ1n) is 10.6. The Hall–Kier alpha value is -2.77. The highest BCUT2D eigenvalue weighted by molar-refractivity contribution is 7.22. The summed E-state index contributed by atoms with van der Waals surface area (Å²) < 4.78 is 1.15. The fourth-order valence-electron chi connectivity index (χ4n) is 4.99. The minimum atomic E-state index is 0.789. The van der Waals surface area contributed by atoms with E-state index < -0.39 is 0 Å². The summed E-state index contributed by atoms with van der Waals surface area (Å²) in [7, 11) is 0. The number of fused-ring (bicyclic) bond motifs is 3. The number of piperidine rings is 1. The molecule has 1 aromatic carbocycles. The third-order valence-electron chi connectivity index (χ3n) is 6.50. The Kier molecular flexibility index (Phi) is 4.32. The number of aromatic amines is 1. The molecule has 0 amide bonds. The lowest BCUT2D eigenvalue weighted by Gasteiger charge is -2.26. The van der Waals surface area contributed by atoms with E-state index in [2.05, 4.69) is 55.7 Å². The third kappa shape index (κ3) is 3.28. The van der Waals surface area contributed by atoms with Crippen molar-refractivity contribution in [2.45, 2.75) is 38.8 Å². The van der Waals surface area contributed by atoms with Crippen LogP contribution < -0.4 is 5.32 Å². The molecule has 1 saturated carbocycles. The summed E-state index contributed by atoms with van der Waals surface area (Å²) in [6, 6.07) is 11.4. The highest BCUT2D eigenvalue weighted by Crippen LogP contribution is 2.38. The largest absolute Gasteiger partial charge is 0.316 e. The molecule has 2 unspecified atom stereocenters. The molecule has 30 heavy (non-hydrogen) atoms. The molecule has 2 N–H and O–H groups in total. The Bertz CT molecular complexity index is 1210. The number of hydrogen-bond acceptors (Lipinski definition) is 6. The number of aromatic nitrogens is 4. The maximum Gasteiger partial charge on any atom is 0.189 e. The molecule has 0 spiro atoms. The molecular formula is C23H24N6S. The number of rotatable bonds is 5. The summed E-state index contributed by atoms with van der Waals surface area (Å²) in [4.78, 5) is 11.9. The lowest BCUT2D eigenvalue weighted by Crippen LogP contribution is -2.31. The lowest BCUT2D eigenvalue weighted by atomic mass is 10.1. The fraction of sp³-hybridized carbons (Fsp3) is 0.348. The number of aryl methyl sites for hydroxylation is 1. The Morgan fingerprint density at radius 3 is 3.00 bits per heavy atom. The third-order valence-corrected chi connectivity index (χ3v) is 7.43. The summed E-state index contributed by atoms with van der Waals surface area (Å²) in [5.74, 6) is 1.79. The normalized spacial score (nSPS) is 21.0. The molecule has 1 aliphatic carbocycles. The number of anilines is 2. The summed E-state index contributed by atoms with van der Waals surface area (Å²) >= 11 is 1.65. The van der Waals surface area contributed by atoms with Gasteiger partial charge in [0.2, 0.25) is 0 Å². The number of hydrogen-bond donors (Lipinski definition) is 2. The van der Waals surface area contributed by atoms with Crippen LogP contribution in [-0.4, -0.2) is 37.7 Å². The van der Waals surface area contributed by atoms with Crippen LogP contribution in [0, 0.1) is 12.8 Å². The van der Waals surface area contributed by atoms with E-state index in [1.165, 1.54) is 31.4 Å². The molecule has 2 aliphatic rings. The van der Waals surface area contributed by atoms with Crippen LogP contribution in [0.3, 0.4) is 0 Å². The second-order valence-electron chi connectivity index (χ2n) is 8.55. The molecule has 7 heteroatoms. The van der Waals surface area contributed by atoms with Gasteiger partial charge in [0, 0.05) is 36.6 Å². The van der Waals surface area contributed by atoms with E-state index in [4.69, 9.17) is 4.98 Å². The van der Waals surface area contributed by atoms with E-state index in [0.29, 0.717) is 0 Å². The maximum absolute atomic E-state index is 4.75. The molecule has 6 rings (SSSR count). The van der Waals surface area contributed by atoms with Gasteiger partial charge >= 0.3 is 0 Å². The number of pyridine rings is 1. The van der Waals surface area contributed by atoms with Gasteiger partial charge in [0.15, 0.2) is 5.13 Å². The summed E-state index contributed by atoms with van der Waals surface area (Å²) in [6.45, 7) is 4.32. The van der Waals surface area contributed by atoms with E-state index >= 15 is 0 Å². The van der Waals surface area contributed by atoms with Crippen molar-refractivity contribution < 1.29 is 0 Å². The van der Waals surface area contributed by atoms with Crippen LogP contribution in [0.4, 0.5) is 10.9 Å². The van der Waals surface area contributed by atoms with Crippen molar-refractivity contribution in [1.29, 1.82) is 0 Å². The van der Waals surface area contributed by atoms with Gasteiger partial charge in [0.05, 0.1) is 16.4 Å². The molecule has 0 radical (unpaired) electrons. The molecule has 1 aliphatic heterocycles. The summed E-state index contributed by atoms with van der Waals surface area (Å²) in [6.07, 6.45) is 7.95. The number of thiazole rings is 1. The van der Waals surface area contributed by atoms with E-state index in [1.807, 2.05) is 19.3 Å². The van der Waals surface area contributed by atoms with E-state index in [-0.39, 0.29) is 0 Å². The van der Waals surface area contributed by atoms with Crippen molar-refractivity contribution >= 4 is 32.5 Å². The molecule has 4 heterocycles. The first kappa shape index (κ1) is 18.0. The van der Waals surface area contributed by atoms with Crippen molar-refractivity contribution in [3.8, 4) is 11.1 Å². The highest BCUT2D eigenvalue weighted by Gasteiger charge is 2.37. The predicted octanol–water partition coefficient (Wildman–Crippen LogP) is 5.12. The monoisotopic (exact) mass is 416 g/mol. The lowest BCUT2D eigenvalue weighted by molar-refractivity contribution is 0.205. The van der Waals surface area contributed by atoms with Crippen LogP contribution >= 0.6 is 11.3 Å². The Labute approximate surface area is 179 Å². The fourth-order valence-corrected chi connectivity index (χ4v) is 5.90. The smallest absolute Gasteiger partial charge is 0.189 e. The van der Waals surface area contributed by atoms with Gasteiger partial charge in [-0.15, -0.1) is 0 Å². The van der Waals surface area contributed by atoms with Crippen LogP contribution in [0.25, 0.3) is 21.3 Å². The van der Waals surface area contributed by atoms with Crippen molar-refractivity contribution in [1.82, 2.24) is 25.1 Å². The van der Waals surface area contributed by atoms with E-state index in [9.17, 15) is 0 Å². The first-order chi connectivity index (χ1) is 14.7. The molecule has 2 fully saturated rings.